The fourth-order valence-corrected chi connectivity index (χ4v) is 11.1. The van der Waals surface area contributed by atoms with Crippen LogP contribution in [0.3, 0.4) is 0 Å². The summed E-state index contributed by atoms with van der Waals surface area (Å²) in [6, 6.07) is 0. The molecule has 1 aliphatic heterocycles. The monoisotopic (exact) mass is 1020 g/mol. The summed E-state index contributed by atoms with van der Waals surface area (Å²) in [5.74, 6) is 0.0441. The third-order valence-electron chi connectivity index (χ3n) is 15.6. The number of rotatable bonds is 51. The molecule has 3 heterocycles. The number of aliphatic hydroxyl groups is 1. The van der Waals surface area contributed by atoms with Gasteiger partial charge >= 0.3 is 0 Å². The molecule has 4 N–H and O–H groups in total. The number of ether oxygens (including phenoxy) is 2. The van der Waals surface area contributed by atoms with Crippen molar-refractivity contribution in [2.45, 2.75) is 334 Å². The van der Waals surface area contributed by atoms with Crippen molar-refractivity contribution in [1.29, 1.82) is 0 Å². The van der Waals surface area contributed by atoms with Crippen molar-refractivity contribution in [3.05, 3.63) is 53.1 Å². The largest absolute Gasteiger partial charge is 0.390 e. The quantitative estimate of drug-likeness (QED) is 0.0445. The molecule has 0 bridgehead atoms. The van der Waals surface area contributed by atoms with Gasteiger partial charge in [-0.3, -0.25) is 14.3 Å². The first kappa shape index (κ1) is 64.5. The number of hydrogen-bond acceptors (Lipinski definition) is 7. The van der Waals surface area contributed by atoms with Crippen molar-refractivity contribution in [2.75, 3.05) is 12.3 Å². The number of nitrogens with zero attached hydrogens (tertiary/aromatic N) is 3. The van der Waals surface area contributed by atoms with Crippen LogP contribution in [0.4, 0.5) is 5.95 Å². The molecule has 0 saturated carbocycles. The van der Waals surface area contributed by atoms with Crippen LogP contribution in [0.1, 0.15) is 316 Å². The normalized spacial score (nSPS) is 17.2. The van der Waals surface area contributed by atoms with Gasteiger partial charge in [-0.1, -0.05) is 243 Å². The van der Waals surface area contributed by atoms with Crippen LogP contribution in [0, 0.1) is 0 Å². The first-order valence-corrected chi connectivity index (χ1v) is 31.6. The number of aromatic amines is 1. The number of fused-ring (bicyclic) bond motifs is 1. The molecule has 0 amide bonds. The second-order valence-corrected chi connectivity index (χ2v) is 22.3. The van der Waals surface area contributed by atoms with Gasteiger partial charge < -0.3 is 20.3 Å². The standard InChI is InChI=1S/C64H115N5O4/c1-4-7-10-13-16-19-22-25-28-31-34-37-40-43-46-49-52-64(53-50-47-44-41-38-35-32-29-26-23-20-17-14-11-8-5-2,72-54-51-48-45-42-39-36-33-30-27-24-21-18-15-12-9-6-3)60-57(70)55-58(73-60)69-56-66-59-61(69)67-63(65)68-62(59)71/h25-30,56-58,60,70H,4-24,31-55H2,1-3H3,(H3,65,67,68,71)/t57-,58+,60-,64?/m0/s1. The summed E-state index contributed by atoms with van der Waals surface area (Å²) in [4.78, 5) is 24.1. The van der Waals surface area contributed by atoms with E-state index < -0.39 is 24.0 Å². The molecule has 0 spiro atoms. The number of nitrogens with one attached hydrogen (secondary N) is 1. The fourth-order valence-electron chi connectivity index (χ4n) is 11.1. The lowest BCUT2D eigenvalue weighted by Gasteiger charge is -2.40. The average molecular weight is 1020 g/mol. The first-order chi connectivity index (χ1) is 36.0. The molecule has 9 nitrogen and oxygen atoms in total. The van der Waals surface area contributed by atoms with Crippen molar-refractivity contribution in [1.82, 2.24) is 19.5 Å². The molecular weight excluding hydrogens is 903 g/mol. The molecule has 0 aliphatic carbocycles. The number of unbranched alkanes of at least 4 members (excludes halogenated alkanes) is 36. The minimum absolute atomic E-state index is 0.0441. The van der Waals surface area contributed by atoms with Crippen LogP contribution < -0.4 is 11.3 Å². The maximum atomic E-state index is 12.7. The molecule has 2 aromatic heterocycles. The van der Waals surface area contributed by atoms with Crippen LogP contribution in [0.2, 0.25) is 0 Å². The maximum Gasteiger partial charge on any atom is 0.280 e. The minimum Gasteiger partial charge on any atom is -0.390 e. The Balaban J connectivity index is 1.57. The summed E-state index contributed by atoms with van der Waals surface area (Å²) < 4.78 is 16.0. The number of anilines is 1. The molecule has 2 aromatic rings. The van der Waals surface area contributed by atoms with Gasteiger partial charge in [-0.05, 0) is 96.3 Å². The predicted octanol–water partition coefficient (Wildman–Crippen LogP) is 19.0. The Labute approximate surface area is 448 Å². The van der Waals surface area contributed by atoms with E-state index in [1.54, 1.807) is 10.9 Å². The highest BCUT2D eigenvalue weighted by molar-refractivity contribution is 5.70. The molecule has 3 atom stereocenters. The van der Waals surface area contributed by atoms with Crippen LogP contribution in [0.15, 0.2) is 47.6 Å². The number of nitrogens with two attached hydrogens (primary N) is 1. The first-order valence-electron chi connectivity index (χ1n) is 31.6. The highest BCUT2D eigenvalue weighted by Crippen LogP contribution is 2.42. The lowest BCUT2D eigenvalue weighted by molar-refractivity contribution is -0.178. The number of nitrogen functional groups attached to an aromatic ring is 1. The van der Waals surface area contributed by atoms with Gasteiger partial charge in [-0.2, -0.15) is 4.98 Å². The van der Waals surface area contributed by atoms with E-state index in [0.29, 0.717) is 18.7 Å². The van der Waals surface area contributed by atoms with Gasteiger partial charge in [0.1, 0.15) is 12.3 Å². The minimum atomic E-state index is -0.718. The van der Waals surface area contributed by atoms with E-state index in [9.17, 15) is 9.90 Å². The third kappa shape index (κ3) is 30.0. The maximum absolute atomic E-state index is 12.7. The number of aromatic nitrogens is 4. The van der Waals surface area contributed by atoms with E-state index in [1.807, 2.05) is 0 Å². The molecule has 1 fully saturated rings. The van der Waals surface area contributed by atoms with E-state index in [0.717, 1.165) is 51.4 Å². The number of H-pyrrole nitrogens is 1. The number of allylic oxidation sites excluding steroid dienone is 6. The van der Waals surface area contributed by atoms with Crippen LogP contribution in [-0.4, -0.2) is 49.0 Å². The Hall–Kier alpha value is -2.75. The van der Waals surface area contributed by atoms with E-state index in [2.05, 4.69) is 72.2 Å². The molecule has 3 rings (SSSR count). The van der Waals surface area contributed by atoms with E-state index in [1.165, 1.54) is 231 Å². The topological polar surface area (TPSA) is 128 Å². The van der Waals surface area contributed by atoms with E-state index in [4.69, 9.17) is 15.2 Å². The molecule has 420 valence electrons. The second-order valence-electron chi connectivity index (χ2n) is 22.3. The number of hydrogen-bond donors (Lipinski definition) is 3. The predicted molar refractivity (Wildman–Crippen MR) is 313 cm³/mol. The second kappa shape index (κ2) is 44.4. The van der Waals surface area contributed by atoms with Crippen molar-refractivity contribution in [3.63, 3.8) is 0 Å². The van der Waals surface area contributed by atoms with Gasteiger partial charge in [0.05, 0.1) is 18.0 Å². The van der Waals surface area contributed by atoms with Gasteiger partial charge in [0.25, 0.3) is 5.56 Å². The zero-order valence-corrected chi connectivity index (χ0v) is 47.9. The Bertz CT molecular complexity index is 1670. The van der Waals surface area contributed by atoms with Gasteiger partial charge in [-0.25, -0.2) is 4.98 Å². The van der Waals surface area contributed by atoms with Gasteiger partial charge in [0.2, 0.25) is 5.95 Å². The van der Waals surface area contributed by atoms with Crippen molar-refractivity contribution >= 4 is 17.1 Å². The summed E-state index contributed by atoms with van der Waals surface area (Å²) in [6.45, 7) is 7.54. The highest BCUT2D eigenvalue weighted by Gasteiger charge is 2.50. The average Bonchev–Trinajstić information content (AvgIpc) is 4.00. The molecule has 0 unspecified atom stereocenters. The summed E-state index contributed by atoms with van der Waals surface area (Å²) in [5, 5.41) is 12.0. The van der Waals surface area contributed by atoms with Crippen LogP contribution in [0.25, 0.3) is 11.2 Å². The molecule has 1 saturated heterocycles. The lowest BCUT2D eigenvalue weighted by Crippen LogP contribution is -2.50. The van der Waals surface area contributed by atoms with Crippen molar-refractivity contribution in [3.8, 4) is 0 Å². The SMILES string of the molecule is CCCCCCCCC=CCCCCCCCCOC(CCCCCCCCC=CCCCCCCCC)(CCCCCCCCC=CCCCCCCCC)[C@H]1O[C@@H](n2cnc3c(=O)[nH]c(N)nc32)C[C@@H]1O. The lowest BCUT2D eigenvalue weighted by atomic mass is 9.82. The molecule has 1 aliphatic rings. The summed E-state index contributed by atoms with van der Waals surface area (Å²) in [7, 11) is 0. The summed E-state index contributed by atoms with van der Waals surface area (Å²) >= 11 is 0. The van der Waals surface area contributed by atoms with Crippen LogP contribution in [-0.2, 0) is 9.47 Å². The Morgan fingerprint density at radius 2 is 0.932 bits per heavy atom. The van der Waals surface area contributed by atoms with Gasteiger partial charge in [0.15, 0.2) is 11.2 Å². The summed E-state index contributed by atoms with van der Waals surface area (Å²) in [5.41, 5.74) is 5.65. The molecular formula is C64H115N5O4. The molecule has 73 heavy (non-hydrogen) atoms. The molecule has 9 heteroatoms. The Morgan fingerprint density at radius 1 is 0.575 bits per heavy atom. The zero-order chi connectivity index (χ0) is 52.1. The Morgan fingerprint density at radius 3 is 1.33 bits per heavy atom. The van der Waals surface area contributed by atoms with Crippen LogP contribution >= 0.6 is 0 Å². The van der Waals surface area contributed by atoms with Gasteiger partial charge in [0, 0.05) is 13.0 Å². The fraction of sp³-hybridized carbons (Fsp3) is 0.828. The highest BCUT2D eigenvalue weighted by atomic mass is 16.6. The zero-order valence-electron chi connectivity index (χ0n) is 47.9. The smallest absolute Gasteiger partial charge is 0.280 e. The molecule has 0 aromatic carbocycles. The van der Waals surface area contributed by atoms with Gasteiger partial charge in [-0.15, -0.1) is 0 Å². The van der Waals surface area contributed by atoms with Crippen molar-refractivity contribution < 1.29 is 14.6 Å². The van der Waals surface area contributed by atoms with Crippen LogP contribution in [0.5, 0.6) is 0 Å². The third-order valence-corrected chi connectivity index (χ3v) is 15.6. The van der Waals surface area contributed by atoms with E-state index >= 15 is 0 Å². The summed E-state index contributed by atoms with van der Waals surface area (Å²) in [6.07, 6.45) is 70.1. The van der Waals surface area contributed by atoms with Crippen molar-refractivity contribution in [2.24, 2.45) is 0 Å². The Kier molecular flexibility index (Phi) is 39.2. The van der Waals surface area contributed by atoms with E-state index in [-0.39, 0.29) is 17.0 Å². The number of aliphatic hydroxyl groups excluding tert-OH is 1. The molecule has 0 radical (unpaired) electrons. The number of imidazole rings is 1.